The highest BCUT2D eigenvalue weighted by Gasteiger charge is 2.24. The first-order chi connectivity index (χ1) is 26.4. The van der Waals surface area contributed by atoms with Crippen molar-refractivity contribution in [3.8, 4) is 0 Å². The molecular formula is C54H62N2. The van der Waals surface area contributed by atoms with E-state index in [-0.39, 0.29) is 10.8 Å². The van der Waals surface area contributed by atoms with Crippen LogP contribution in [0.3, 0.4) is 0 Å². The number of hydrogen-bond donors (Lipinski definition) is 1. The van der Waals surface area contributed by atoms with E-state index >= 15 is 0 Å². The van der Waals surface area contributed by atoms with E-state index < -0.39 is 0 Å². The molecule has 0 aromatic heterocycles. The number of benzene rings is 6. The molecule has 0 unspecified atom stereocenters. The maximum Gasteiger partial charge on any atom is 0.0618 e. The molecule has 2 heteroatoms. The Hall–Kier alpha value is -5.34. The summed E-state index contributed by atoms with van der Waals surface area (Å²) in [6, 6.07) is 36.6. The molecular weight excluding hydrogens is 677 g/mol. The summed E-state index contributed by atoms with van der Waals surface area (Å²) in [5, 5.41) is 8.60. The molecule has 0 radical (unpaired) electrons. The number of aryl methyl sites for hydroxylation is 5. The first kappa shape index (κ1) is 40.3. The molecule has 2 nitrogen and oxygen atoms in total. The Morgan fingerprint density at radius 2 is 1.21 bits per heavy atom. The van der Waals surface area contributed by atoms with E-state index in [1.165, 1.54) is 100 Å². The number of nitrogens with zero attached hydrogens (tertiary/aromatic N) is 1. The van der Waals surface area contributed by atoms with Crippen LogP contribution in [0.5, 0.6) is 0 Å². The van der Waals surface area contributed by atoms with Gasteiger partial charge in [-0.15, -0.1) is 0 Å². The van der Waals surface area contributed by atoms with Gasteiger partial charge in [-0.2, -0.15) is 0 Å². The van der Waals surface area contributed by atoms with Crippen LogP contribution in [0.15, 0.2) is 133 Å². The predicted octanol–water partition coefficient (Wildman–Crippen LogP) is 15.8. The molecule has 0 atom stereocenters. The molecule has 0 aliphatic heterocycles. The minimum Gasteiger partial charge on any atom is -0.359 e. The van der Waals surface area contributed by atoms with Gasteiger partial charge in [-0.3, -0.25) is 0 Å². The van der Waals surface area contributed by atoms with Gasteiger partial charge in [0.2, 0.25) is 0 Å². The zero-order chi connectivity index (χ0) is 40.5. The van der Waals surface area contributed by atoms with Crippen molar-refractivity contribution in [2.45, 2.75) is 107 Å². The average Bonchev–Trinajstić information content (AvgIpc) is 3.35. The standard InChI is InChI=1S/C38H43N.C16H19N/c1-24-14-18-32(20-26(24)3)39(35-13-11-12-25(2)27(35)4)36-33-19-17-30(37(5,6)7)22-29(33)21-28-15-16-31(23-34(28)36)38(8,9)10;1-12-5-4-6-15(9-7-12)17-16-10-8-13(2)14(3)11-16/h11-23H,1-10H3;4-8,10-11,17H,9H2,1-3H3. The molecule has 1 aliphatic rings. The van der Waals surface area contributed by atoms with Gasteiger partial charge in [0.05, 0.1) is 5.69 Å². The Kier molecular flexibility index (Phi) is 11.5. The van der Waals surface area contributed by atoms with Gasteiger partial charge in [-0.05, 0) is 163 Å². The molecule has 0 amide bonds. The van der Waals surface area contributed by atoms with Gasteiger partial charge in [-0.1, -0.05) is 120 Å². The SMILES string of the molecule is CC1=CCC(Nc2ccc(C)c(C)c2)=CC=C1.Cc1ccc(N(c2cccc(C)c2C)c2c3ccc(C(C)(C)C)cc3cc3ccc(C(C)(C)C)cc23)cc1C. The Morgan fingerprint density at radius 3 is 1.89 bits per heavy atom. The van der Waals surface area contributed by atoms with Crippen molar-refractivity contribution in [3.63, 3.8) is 0 Å². The highest BCUT2D eigenvalue weighted by molar-refractivity contribution is 6.14. The lowest BCUT2D eigenvalue weighted by Crippen LogP contribution is -2.15. The number of fused-ring (bicyclic) bond motifs is 2. The van der Waals surface area contributed by atoms with Gasteiger partial charge >= 0.3 is 0 Å². The smallest absolute Gasteiger partial charge is 0.0618 e. The first-order valence-corrected chi connectivity index (χ1v) is 20.2. The van der Waals surface area contributed by atoms with Gasteiger partial charge in [0.1, 0.15) is 0 Å². The van der Waals surface area contributed by atoms with Gasteiger partial charge in [0.15, 0.2) is 0 Å². The van der Waals surface area contributed by atoms with Crippen molar-refractivity contribution >= 4 is 44.3 Å². The van der Waals surface area contributed by atoms with Crippen molar-refractivity contribution in [2.75, 3.05) is 10.2 Å². The van der Waals surface area contributed by atoms with Crippen LogP contribution in [-0.4, -0.2) is 0 Å². The molecule has 0 fully saturated rings. The molecule has 1 N–H and O–H groups in total. The second kappa shape index (κ2) is 16.0. The lowest BCUT2D eigenvalue weighted by atomic mass is 9.83. The largest absolute Gasteiger partial charge is 0.359 e. The summed E-state index contributed by atoms with van der Waals surface area (Å²) in [7, 11) is 0. The van der Waals surface area contributed by atoms with Crippen molar-refractivity contribution in [3.05, 3.63) is 177 Å². The molecule has 6 aromatic rings. The van der Waals surface area contributed by atoms with E-state index in [0.717, 1.165) is 6.42 Å². The first-order valence-electron chi connectivity index (χ1n) is 20.2. The summed E-state index contributed by atoms with van der Waals surface area (Å²) < 4.78 is 0. The van der Waals surface area contributed by atoms with E-state index in [4.69, 9.17) is 0 Å². The molecule has 0 saturated carbocycles. The Balaban J connectivity index is 0.000000261. The third kappa shape index (κ3) is 8.87. The quantitative estimate of drug-likeness (QED) is 0.177. The summed E-state index contributed by atoms with van der Waals surface area (Å²) in [6.07, 6.45) is 9.58. The number of rotatable bonds is 5. The van der Waals surface area contributed by atoms with Gasteiger partial charge in [0, 0.05) is 40.0 Å². The second-order valence-electron chi connectivity index (χ2n) is 18.0. The Labute approximate surface area is 337 Å². The normalized spacial score (nSPS) is 13.2. The maximum absolute atomic E-state index is 3.47. The highest BCUT2D eigenvalue weighted by atomic mass is 15.1. The van der Waals surface area contributed by atoms with Crippen molar-refractivity contribution < 1.29 is 0 Å². The molecule has 288 valence electrons. The van der Waals surface area contributed by atoms with Crippen LogP contribution >= 0.6 is 0 Å². The number of anilines is 4. The zero-order valence-electron chi connectivity index (χ0n) is 36.2. The number of hydrogen-bond acceptors (Lipinski definition) is 2. The van der Waals surface area contributed by atoms with Gasteiger partial charge < -0.3 is 10.2 Å². The monoisotopic (exact) mass is 738 g/mol. The Bertz CT molecular complexity index is 2510. The van der Waals surface area contributed by atoms with Crippen LogP contribution in [0.4, 0.5) is 22.7 Å². The fraction of sp³-hybridized carbons (Fsp3) is 0.296. The number of nitrogens with one attached hydrogen (secondary N) is 1. The summed E-state index contributed by atoms with van der Waals surface area (Å²) in [5.41, 5.74) is 18.1. The summed E-state index contributed by atoms with van der Waals surface area (Å²) in [5.74, 6) is 0. The topological polar surface area (TPSA) is 15.3 Å². The van der Waals surface area contributed by atoms with Gasteiger partial charge in [-0.25, -0.2) is 0 Å². The van der Waals surface area contributed by atoms with E-state index in [2.05, 4.69) is 222 Å². The highest BCUT2D eigenvalue weighted by Crippen LogP contribution is 2.47. The van der Waals surface area contributed by atoms with E-state index in [9.17, 15) is 0 Å². The number of allylic oxidation sites excluding steroid dienone is 5. The molecule has 0 heterocycles. The third-order valence-corrected chi connectivity index (χ3v) is 11.6. The fourth-order valence-electron chi connectivity index (χ4n) is 7.32. The average molecular weight is 739 g/mol. The van der Waals surface area contributed by atoms with Crippen molar-refractivity contribution in [2.24, 2.45) is 0 Å². The summed E-state index contributed by atoms with van der Waals surface area (Å²) >= 11 is 0. The van der Waals surface area contributed by atoms with E-state index in [1.54, 1.807) is 0 Å². The molecule has 1 aliphatic carbocycles. The maximum atomic E-state index is 3.47. The molecule has 0 spiro atoms. The second-order valence-corrected chi connectivity index (χ2v) is 18.0. The van der Waals surface area contributed by atoms with E-state index in [1.807, 2.05) is 0 Å². The molecule has 6 aromatic carbocycles. The third-order valence-electron chi connectivity index (χ3n) is 11.6. The van der Waals surface area contributed by atoms with Crippen LogP contribution in [0.1, 0.15) is 99.4 Å². The molecule has 0 saturated heterocycles. The Morgan fingerprint density at radius 1 is 0.554 bits per heavy atom. The van der Waals surface area contributed by atoms with Crippen LogP contribution in [-0.2, 0) is 10.8 Å². The summed E-state index contributed by atoms with van der Waals surface area (Å²) in [4.78, 5) is 2.52. The van der Waals surface area contributed by atoms with Crippen LogP contribution in [0.25, 0.3) is 21.5 Å². The minimum atomic E-state index is 0.0566. The van der Waals surface area contributed by atoms with Crippen LogP contribution in [0, 0.1) is 41.5 Å². The molecule has 56 heavy (non-hydrogen) atoms. The minimum absolute atomic E-state index is 0.0566. The molecule has 7 rings (SSSR count). The molecule has 0 bridgehead atoms. The van der Waals surface area contributed by atoms with E-state index in [0.29, 0.717) is 0 Å². The lowest BCUT2D eigenvalue weighted by molar-refractivity contribution is 0.590. The summed E-state index contributed by atoms with van der Waals surface area (Å²) in [6.45, 7) is 29.1. The van der Waals surface area contributed by atoms with Crippen LogP contribution in [0.2, 0.25) is 0 Å². The lowest BCUT2D eigenvalue weighted by Gasteiger charge is -2.31. The van der Waals surface area contributed by atoms with Crippen molar-refractivity contribution in [1.82, 2.24) is 0 Å². The van der Waals surface area contributed by atoms with Crippen molar-refractivity contribution in [1.29, 1.82) is 0 Å². The fourth-order valence-corrected chi connectivity index (χ4v) is 7.32. The van der Waals surface area contributed by atoms with Gasteiger partial charge in [0.25, 0.3) is 0 Å². The zero-order valence-corrected chi connectivity index (χ0v) is 36.2. The predicted molar refractivity (Wildman–Crippen MR) is 248 cm³/mol. The van der Waals surface area contributed by atoms with Crippen LogP contribution < -0.4 is 10.2 Å².